The van der Waals surface area contributed by atoms with Gasteiger partial charge in [0.25, 0.3) is 5.91 Å². The lowest BCUT2D eigenvalue weighted by molar-refractivity contribution is -0.0499. The van der Waals surface area contributed by atoms with Crippen molar-refractivity contribution < 1.29 is 28.5 Å². The maximum atomic E-state index is 12.1. The van der Waals surface area contributed by atoms with Crippen LogP contribution in [0, 0.1) is 0 Å². The summed E-state index contributed by atoms with van der Waals surface area (Å²) >= 11 is 0. The second-order valence-corrected chi connectivity index (χ2v) is 4.44. The van der Waals surface area contributed by atoms with Crippen LogP contribution in [0.2, 0.25) is 0 Å². The molecule has 0 bridgehead atoms. The molecule has 1 heterocycles. The summed E-state index contributed by atoms with van der Waals surface area (Å²) in [5, 5.41) is 21.4. The molecule has 2 aromatic rings. The quantitative estimate of drug-likeness (QED) is 0.738. The van der Waals surface area contributed by atoms with Crippen molar-refractivity contribution in [1.82, 2.24) is 15.3 Å². The number of hydrogen-bond donors (Lipinski definition) is 3. The fourth-order valence-electron chi connectivity index (χ4n) is 1.72. The summed E-state index contributed by atoms with van der Waals surface area (Å²) in [5.41, 5.74) is 0.301. The lowest BCUT2D eigenvalue weighted by atomic mass is 10.1. The number of aliphatic hydroxyl groups is 1. The topological polar surface area (TPSA) is 105 Å². The van der Waals surface area contributed by atoms with Crippen molar-refractivity contribution in [2.75, 3.05) is 6.54 Å². The van der Waals surface area contributed by atoms with Crippen molar-refractivity contribution in [1.29, 1.82) is 0 Å². The van der Waals surface area contributed by atoms with E-state index in [2.05, 4.69) is 20.0 Å². The smallest absolute Gasteiger partial charge is 0.387 e. The number of amides is 1. The lowest BCUT2D eigenvalue weighted by Crippen LogP contribution is -2.29. The zero-order valence-electron chi connectivity index (χ0n) is 11.7. The Labute approximate surface area is 129 Å². The standard InChI is InChI=1S/C14H13F2N3O4/c15-14(16)23-10-3-1-2-8(4-10)11(21)7-19-13(22)12-17-5-9(20)6-18-12/h1-6,11,14,20-21H,7H2,(H,19,22). The highest BCUT2D eigenvalue weighted by atomic mass is 19.3. The molecule has 23 heavy (non-hydrogen) atoms. The fraction of sp³-hybridized carbons (Fsp3) is 0.214. The molecule has 0 aliphatic rings. The van der Waals surface area contributed by atoms with Gasteiger partial charge in [-0.3, -0.25) is 4.79 Å². The first kappa shape index (κ1) is 16.6. The average molecular weight is 325 g/mol. The van der Waals surface area contributed by atoms with Gasteiger partial charge in [0, 0.05) is 6.54 Å². The predicted octanol–water partition coefficient (Wildman–Crippen LogP) is 1.25. The molecule has 1 atom stereocenters. The maximum absolute atomic E-state index is 12.1. The Bertz CT molecular complexity index is 667. The van der Waals surface area contributed by atoms with Crippen molar-refractivity contribution >= 4 is 5.91 Å². The minimum atomic E-state index is -2.96. The number of aromatic nitrogens is 2. The van der Waals surface area contributed by atoms with E-state index >= 15 is 0 Å². The monoisotopic (exact) mass is 325 g/mol. The summed E-state index contributed by atoms with van der Waals surface area (Å²) in [4.78, 5) is 19.0. The van der Waals surface area contributed by atoms with Crippen molar-refractivity contribution in [2.45, 2.75) is 12.7 Å². The number of nitrogens with zero attached hydrogens (tertiary/aromatic N) is 2. The van der Waals surface area contributed by atoms with Gasteiger partial charge in [-0.05, 0) is 17.7 Å². The molecule has 2 rings (SSSR count). The number of halogens is 2. The summed E-state index contributed by atoms with van der Waals surface area (Å²) < 4.78 is 28.5. The SMILES string of the molecule is O=C(NCC(O)c1cccc(OC(F)F)c1)c1ncc(O)cn1. The second kappa shape index (κ2) is 7.45. The summed E-state index contributed by atoms with van der Waals surface area (Å²) in [6.07, 6.45) is 0.991. The van der Waals surface area contributed by atoms with Gasteiger partial charge in [-0.15, -0.1) is 0 Å². The van der Waals surface area contributed by atoms with Gasteiger partial charge in [0.15, 0.2) is 5.75 Å². The van der Waals surface area contributed by atoms with E-state index in [9.17, 15) is 18.7 Å². The molecule has 3 N–H and O–H groups in total. The van der Waals surface area contributed by atoms with Crippen LogP contribution in [0.5, 0.6) is 11.5 Å². The van der Waals surface area contributed by atoms with Crippen LogP contribution in [0.3, 0.4) is 0 Å². The van der Waals surface area contributed by atoms with Crippen LogP contribution < -0.4 is 10.1 Å². The van der Waals surface area contributed by atoms with E-state index in [1.165, 1.54) is 24.3 Å². The predicted molar refractivity (Wildman–Crippen MR) is 74.1 cm³/mol. The van der Waals surface area contributed by atoms with E-state index in [1.807, 2.05) is 0 Å². The Balaban J connectivity index is 1.95. The number of rotatable bonds is 6. The number of hydrogen-bond acceptors (Lipinski definition) is 6. The summed E-state index contributed by atoms with van der Waals surface area (Å²) in [5.74, 6) is -1.10. The van der Waals surface area contributed by atoms with Crippen LogP contribution >= 0.6 is 0 Å². The molecule has 7 nitrogen and oxygen atoms in total. The molecule has 0 aliphatic heterocycles. The molecule has 1 aromatic carbocycles. The maximum Gasteiger partial charge on any atom is 0.387 e. The summed E-state index contributed by atoms with van der Waals surface area (Å²) in [6, 6.07) is 5.53. The molecule has 9 heteroatoms. The first-order valence-corrected chi connectivity index (χ1v) is 6.47. The Hall–Kier alpha value is -2.81. The highest BCUT2D eigenvalue weighted by molar-refractivity contribution is 5.90. The van der Waals surface area contributed by atoms with Gasteiger partial charge in [-0.2, -0.15) is 8.78 Å². The van der Waals surface area contributed by atoms with E-state index in [0.717, 1.165) is 12.4 Å². The second-order valence-electron chi connectivity index (χ2n) is 4.44. The van der Waals surface area contributed by atoms with Gasteiger partial charge < -0.3 is 20.3 Å². The Morgan fingerprint density at radius 3 is 2.65 bits per heavy atom. The van der Waals surface area contributed by atoms with Crippen molar-refractivity contribution in [3.63, 3.8) is 0 Å². The molecule has 122 valence electrons. The van der Waals surface area contributed by atoms with Crippen molar-refractivity contribution in [3.05, 3.63) is 48.0 Å². The molecule has 0 saturated carbocycles. The third kappa shape index (κ3) is 4.85. The first-order valence-electron chi connectivity index (χ1n) is 6.47. The third-order valence-electron chi connectivity index (χ3n) is 2.77. The van der Waals surface area contributed by atoms with Gasteiger partial charge in [-0.25, -0.2) is 9.97 Å². The Kier molecular flexibility index (Phi) is 5.36. The van der Waals surface area contributed by atoms with Crippen LogP contribution in [0.1, 0.15) is 22.3 Å². The van der Waals surface area contributed by atoms with E-state index < -0.39 is 18.6 Å². The highest BCUT2D eigenvalue weighted by Crippen LogP contribution is 2.20. The van der Waals surface area contributed by atoms with E-state index in [-0.39, 0.29) is 23.9 Å². The zero-order valence-corrected chi connectivity index (χ0v) is 11.7. The number of nitrogens with one attached hydrogen (secondary N) is 1. The first-order chi connectivity index (χ1) is 11.0. The van der Waals surface area contributed by atoms with Crippen LogP contribution in [-0.4, -0.2) is 39.2 Å². The third-order valence-corrected chi connectivity index (χ3v) is 2.77. The molecular weight excluding hydrogens is 312 g/mol. The zero-order chi connectivity index (χ0) is 16.8. The van der Waals surface area contributed by atoms with Gasteiger partial charge in [-0.1, -0.05) is 12.1 Å². The van der Waals surface area contributed by atoms with Crippen molar-refractivity contribution in [3.8, 4) is 11.5 Å². The fourth-order valence-corrected chi connectivity index (χ4v) is 1.72. The largest absolute Gasteiger partial charge is 0.505 e. The Morgan fingerprint density at radius 2 is 2.00 bits per heavy atom. The molecule has 1 amide bonds. The number of carbonyl (C=O) groups excluding carboxylic acids is 1. The number of benzene rings is 1. The van der Waals surface area contributed by atoms with Gasteiger partial charge >= 0.3 is 6.61 Å². The molecule has 0 fully saturated rings. The summed E-state index contributed by atoms with van der Waals surface area (Å²) in [7, 11) is 0. The number of ether oxygens (including phenoxy) is 1. The van der Waals surface area contributed by atoms with E-state index in [4.69, 9.17) is 5.11 Å². The van der Waals surface area contributed by atoms with Crippen LogP contribution in [0.4, 0.5) is 8.78 Å². The number of aromatic hydroxyl groups is 1. The van der Waals surface area contributed by atoms with Crippen LogP contribution in [-0.2, 0) is 0 Å². The van der Waals surface area contributed by atoms with Crippen LogP contribution in [0.15, 0.2) is 36.7 Å². The van der Waals surface area contributed by atoms with Crippen LogP contribution in [0.25, 0.3) is 0 Å². The molecular formula is C14H13F2N3O4. The Morgan fingerprint density at radius 1 is 1.30 bits per heavy atom. The van der Waals surface area contributed by atoms with Gasteiger partial charge in [0.05, 0.1) is 18.5 Å². The molecule has 0 aliphatic carbocycles. The molecule has 0 radical (unpaired) electrons. The molecule has 0 spiro atoms. The number of carbonyl (C=O) groups is 1. The average Bonchev–Trinajstić information content (AvgIpc) is 2.52. The molecule has 1 unspecified atom stereocenters. The lowest BCUT2D eigenvalue weighted by Gasteiger charge is -2.13. The number of alkyl halides is 2. The minimum absolute atomic E-state index is 0.0928. The van der Waals surface area contributed by atoms with E-state index in [1.54, 1.807) is 0 Å². The molecule has 0 saturated heterocycles. The molecule has 1 aromatic heterocycles. The van der Waals surface area contributed by atoms with Gasteiger partial charge in [0.2, 0.25) is 5.82 Å². The van der Waals surface area contributed by atoms with E-state index in [0.29, 0.717) is 5.56 Å². The normalized spacial score (nSPS) is 12.0. The summed E-state index contributed by atoms with van der Waals surface area (Å²) in [6.45, 7) is -3.14. The van der Waals surface area contributed by atoms with Gasteiger partial charge in [0.1, 0.15) is 5.75 Å². The minimum Gasteiger partial charge on any atom is -0.505 e. The van der Waals surface area contributed by atoms with Crippen molar-refractivity contribution in [2.24, 2.45) is 0 Å². The number of aliphatic hydroxyl groups excluding tert-OH is 1. The highest BCUT2D eigenvalue weighted by Gasteiger charge is 2.14.